The van der Waals surface area contributed by atoms with Crippen molar-refractivity contribution in [3.05, 3.63) is 47.3 Å². The van der Waals surface area contributed by atoms with Crippen molar-refractivity contribution >= 4 is 16.9 Å². The number of alkyl halides is 3. The van der Waals surface area contributed by atoms with Crippen LogP contribution in [0.2, 0.25) is 0 Å². The highest BCUT2D eigenvalue weighted by molar-refractivity contribution is 5.80. The van der Waals surface area contributed by atoms with Gasteiger partial charge in [0.25, 0.3) is 0 Å². The molecule has 2 heterocycles. The summed E-state index contributed by atoms with van der Waals surface area (Å²) in [5.41, 5.74) is 1.06. The molecule has 2 aromatic carbocycles. The molecule has 1 fully saturated rings. The van der Waals surface area contributed by atoms with Gasteiger partial charge < -0.3 is 23.7 Å². The molecule has 188 valence electrons. The van der Waals surface area contributed by atoms with Gasteiger partial charge in [-0.25, -0.2) is 4.98 Å². The minimum absolute atomic E-state index is 0.0141. The SMILES string of the molecule is COc1cc(CC(=O)N2CCC(n3c(C)nc4cc(C(F)(F)F)ccc43)CC2)cc(OC)c1OC. The number of methoxy groups -OCH3 is 3. The third-order valence-corrected chi connectivity index (χ3v) is 6.46. The lowest BCUT2D eigenvalue weighted by atomic mass is 10.0. The summed E-state index contributed by atoms with van der Waals surface area (Å²) in [6, 6.07) is 7.26. The summed E-state index contributed by atoms with van der Waals surface area (Å²) in [6.07, 6.45) is -2.84. The van der Waals surface area contributed by atoms with Crippen LogP contribution in [0.3, 0.4) is 0 Å². The Kier molecular flexibility index (Phi) is 6.82. The number of likely N-dealkylation sites (tertiary alicyclic amines) is 1. The van der Waals surface area contributed by atoms with Crippen molar-refractivity contribution < 1.29 is 32.2 Å². The molecule has 1 saturated heterocycles. The minimum atomic E-state index is -4.41. The van der Waals surface area contributed by atoms with Gasteiger partial charge in [0.2, 0.25) is 11.7 Å². The first-order valence-corrected chi connectivity index (χ1v) is 11.3. The predicted octanol–water partition coefficient (Wildman–Crippen LogP) is 4.80. The standard InChI is InChI=1S/C25H28F3N3O4/c1-15-29-19-14-17(25(26,27)28)5-6-20(19)31(15)18-7-9-30(10-8-18)23(32)13-16-11-21(33-2)24(35-4)22(12-16)34-3/h5-6,11-12,14,18H,7-10,13H2,1-4H3. The zero-order chi connectivity index (χ0) is 25.3. The van der Waals surface area contributed by atoms with Crippen molar-refractivity contribution in [1.82, 2.24) is 14.5 Å². The molecule has 0 aliphatic carbocycles. The molecule has 7 nitrogen and oxygen atoms in total. The van der Waals surface area contributed by atoms with E-state index in [1.165, 1.54) is 27.4 Å². The molecular weight excluding hydrogens is 463 g/mol. The number of amides is 1. The van der Waals surface area contributed by atoms with Gasteiger partial charge in [0.05, 0.1) is 44.3 Å². The van der Waals surface area contributed by atoms with Crippen LogP contribution in [-0.4, -0.2) is 54.8 Å². The summed E-state index contributed by atoms with van der Waals surface area (Å²) in [5.74, 6) is 2.10. The molecule has 0 atom stereocenters. The van der Waals surface area contributed by atoms with Crippen LogP contribution in [0.5, 0.6) is 17.2 Å². The van der Waals surface area contributed by atoms with Gasteiger partial charge >= 0.3 is 6.18 Å². The molecule has 0 bridgehead atoms. The van der Waals surface area contributed by atoms with Gasteiger partial charge in [-0.2, -0.15) is 13.2 Å². The van der Waals surface area contributed by atoms with Crippen LogP contribution in [0.1, 0.15) is 35.8 Å². The maximum Gasteiger partial charge on any atom is 0.416 e. The highest BCUT2D eigenvalue weighted by Crippen LogP contribution is 2.39. The largest absolute Gasteiger partial charge is 0.493 e. The fourth-order valence-corrected chi connectivity index (χ4v) is 4.75. The second-order valence-corrected chi connectivity index (χ2v) is 8.55. The molecule has 0 radical (unpaired) electrons. The fraction of sp³-hybridized carbons (Fsp3) is 0.440. The summed E-state index contributed by atoms with van der Waals surface area (Å²) in [4.78, 5) is 19.2. The third kappa shape index (κ3) is 4.87. The number of piperidine rings is 1. The van der Waals surface area contributed by atoms with Crippen molar-refractivity contribution in [2.75, 3.05) is 34.4 Å². The van der Waals surface area contributed by atoms with E-state index in [-0.39, 0.29) is 18.4 Å². The van der Waals surface area contributed by atoms with Crippen molar-refractivity contribution in [2.24, 2.45) is 0 Å². The smallest absolute Gasteiger partial charge is 0.416 e. The van der Waals surface area contributed by atoms with Gasteiger partial charge in [-0.05, 0) is 55.7 Å². The van der Waals surface area contributed by atoms with Gasteiger partial charge in [-0.1, -0.05) is 0 Å². The zero-order valence-corrected chi connectivity index (χ0v) is 20.1. The van der Waals surface area contributed by atoms with Gasteiger partial charge in [-0.3, -0.25) is 4.79 Å². The minimum Gasteiger partial charge on any atom is -0.493 e. The molecule has 0 unspecified atom stereocenters. The average Bonchev–Trinajstić information content (AvgIpc) is 3.17. The molecule has 1 aliphatic rings. The summed E-state index contributed by atoms with van der Waals surface area (Å²) in [7, 11) is 4.58. The second-order valence-electron chi connectivity index (χ2n) is 8.55. The number of benzene rings is 2. The number of hydrogen-bond acceptors (Lipinski definition) is 5. The number of nitrogens with zero attached hydrogens (tertiary/aromatic N) is 3. The fourth-order valence-electron chi connectivity index (χ4n) is 4.75. The number of ether oxygens (including phenoxy) is 3. The highest BCUT2D eigenvalue weighted by Gasteiger charge is 2.32. The first kappa shape index (κ1) is 24.7. The Balaban J connectivity index is 1.46. The van der Waals surface area contributed by atoms with Crippen molar-refractivity contribution in [3.63, 3.8) is 0 Å². The number of aromatic nitrogens is 2. The van der Waals surface area contributed by atoms with E-state index < -0.39 is 11.7 Å². The van der Waals surface area contributed by atoms with Crippen LogP contribution in [-0.2, 0) is 17.4 Å². The molecule has 0 N–H and O–H groups in total. The van der Waals surface area contributed by atoms with Crippen molar-refractivity contribution in [2.45, 2.75) is 38.4 Å². The monoisotopic (exact) mass is 491 g/mol. The van der Waals surface area contributed by atoms with Gasteiger partial charge in [0, 0.05) is 19.1 Å². The van der Waals surface area contributed by atoms with Gasteiger partial charge in [-0.15, -0.1) is 0 Å². The molecule has 1 amide bonds. The topological polar surface area (TPSA) is 65.8 Å². The summed E-state index contributed by atoms with van der Waals surface area (Å²) in [6.45, 7) is 2.90. The summed E-state index contributed by atoms with van der Waals surface area (Å²) >= 11 is 0. The van der Waals surface area contributed by atoms with Crippen LogP contribution in [0, 0.1) is 6.92 Å². The van der Waals surface area contributed by atoms with Crippen LogP contribution in [0.4, 0.5) is 13.2 Å². The van der Waals surface area contributed by atoms with Crippen LogP contribution >= 0.6 is 0 Å². The van der Waals surface area contributed by atoms with E-state index in [0.29, 0.717) is 60.0 Å². The van der Waals surface area contributed by atoms with Crippen LogP contribution in [0.15, 0.2) is 30.3 Å². The maximum absolute atomic E-state index is 13.1. The van der Waals surface area contributed by atoms with E-state index >= 15 is 0 Å². The Morgan fingerprint density at radius 2 is 1.66 bits per heavy atom. The Bertz CT molecular complexity index is 1210. The molecular formula is C25H28F3N3O4. The van der Waals surface area contributed by atoms with E-state index in [1.54, 1.807) is 19.1 Å². The third-order valence-electron chi connectivity index (χ3n) is 6.46. The van der Waals surface area contributed by atoms with Crippen molar-refractivity contribution in [3.8, 4) is 17.2 Å². The summed E-state index contributed by atoms with van der Waals surface area (Å²) in [5, 5.41) is 0. The first-order valence-electron chi connectivity index (χ1n) is 11.3. The number of hydrogen-bond donors (Lipinski definition) is 0. The van der Waals surface area contributed by atoms with Gasteiger partial charge in [0.15, 0.2) is 11.5 Å². The van der Waals surface area contributed by atoms with Crippen LogP contribution in [0.25, 0.3) is 11.0 Å². The number of carbonyl (C=O) groups excluding carboxylic acids is 1. The Hall–Kier alpha value is -3.43. The van der Waals surface area contributed by atoms with E-state index in [2.05, 4.69) is 4.98 Å². The number of imidazole rings is 1. The predicted molar refractivity (Wildman–Crippen MR) is 124 cm³/mol. The van der Waals surface area contributed by atoms with Crippen molar-refractivity contribution in [1.29, 1.82) is 0 Å². The number of halogens is 3. The van der Waals surface area contributed by atoms with Gasteiger partial charge in [0.1, 0.15) is 5.82 Å². The Morgan fingerprint density at radius 3 is 2.20 bits per heavy atom. The first-order chi connectivity index (χ1) is 16.7. The second kappa shape index (κ2) is 9.67. The molecule has 0 saturated carbocycles. The number of fused-ring (bicyclic) bond motifs is 1. The number of aryl methyl sites for hydroxylation is 1. The zero-order valence-electron chi connectivity index (χ0n) is 20.1. The van der Waals surface area contributed by atoms with E-state index in [0.717, 1.165) is 17.7 Å². The maximum atomic E-state index is 13.1. The molecule has 1 aromatic heterocycles. The Morgan fingerprint density at radius 1 is 1.03 bits per heavy atom. The lowest BCUT2D eigenvalue weighted by Crippen LogP contribution is -2.40. The molecule has 1 aliphatic heterocycles. The number of rotatable bonds is 6. The van der Waals surface area contributed by atoms with E-state index in [1.807, 2.05) is 9.47 Å². The average molecular weight is 492 g/mol. The number of carbonyl (C=O) groups is 1. The van der Waals surface area contributed by atoms with Crippen LogP contribution < -0.4 is 14.2 Å². The molecule has 10 heteroatoms. The molecule has 35 heavy (non-hydrogen) atoms. The molecule has 0 spiro atoms. The normalized spacial score (nSPS) is 14.9. The van der Waals surface area contributed by atoms with E-state index in [4.69, 9.17) is 14.2 Å². The molecule has 3 aromatic rings. The summed E-state index contributed by atoms with van der Waals surface area (Å²) < 4.78 is 57.3. The lowest BCUT2D eigenvalue weighted by molar-refractivity contribution is -0.137. The van der Waals surface area contributed by atoms with E-state index in [9.17, 15) is 18.0 Å². The lowest BCUT2D eigenvalue weighted by Gasteiger charge is -2.33. The molecule has 4 rings (SSSR count). The quantitative estimate of drug-likeness (QED) is 0.496. The Labute approximate surface area is 201 Å². The highest BCUT2D eigenvalue weighted by atomic mass is 19.4.